The van der Waals surface area contributed by atoms with Crippen LogP contribution in [0.15, 0.2) is 48.7 Å². The smallest absolute Gasteiger partial charge is 0.229 e. The summed E-state index contributed by atoms with van der Waals surface area (Å²) in [5.74, 6) is 1.65. The number of piperidine rings is 1. The van der Waals surface area contributed by atoms with E-state index in [2.05, 4.69) is 43.5 Å². The fourth-order valence-corrected chi connectivity index (χ4v) is 6.74. The minimum absolute atomic E-state index is 0.372. The molecule has 0 amide bonds. The zero-order valence-corrected chi connectivity index (χ0v) is 24.8. The number of methoxy groups -OCH3 is 1. The van der Waals surface area contributed by atoms with Gasteiger partial charge >= 0.3 is 0 Å². The third kappa shape index (κ3) is 6.34. The fraction of sp³-hybridized carbons (Fsp3) is 0.448. The number of hydrogen-bond acceptors (Lipinski definition) is 8. The van der Waals surface area contributed by atoms with Crippen molar-refractivity contribution in [1.29, 1.82) is 0 Å². The second-order valence-corrected chi connectivity index (χ2v) is 14.5. The van der Waals surface area contributed by atoms with Gasteiger partial charge in [0.05, 0.1) is 24.7 Å². The molecule has 2 heterocycles. The highest BCUT2D eigenvalue weighted by Crippen LogP contribution is 2.39. The minimum Gasteiger partial charge on any atom is -0.495 e. The number of ether oxygens (including phenoxy) is 1. The maximum atomic E-state index is 12.8. The van der Waals surface area contributed by atoms with Crippen LogP contribution in [0.3, 0.4) is 0 Å². The zero-order chi connectivity index (χ0) is 27.6. The lowest BCUT2D eigenvalue weighted by Crippen LogP contribution is -2.49. The molecular weight excluding hydrogens is 531 g/mol. The number of para-hydroxylation sites is 1. The van der Waals surface area contributed by atoms with Crippen LogP contribution >= 0.6 is 18.7 Å². The first-order valence-corrected chi connectivity index (χ1v) is 16.6. The monoisotopic (exact) mass is 568 g/mol. The van der Waals surface area contributed by atoms with Gasteiger partial charge in [-0.3, -0.25) is 0 Å². The Balaban J connectivity index is 1.28. The Morgan fingerprint density at radius 2 is 1.77 bits per heavy atom. The zero-order valence-electron chi connectivity index (χ0n) is 23.2. The van der Waals surface area contributed by atoms with Crippen LogP contribution in [0.4, 0.5) is 28.8 Å². The molecule has 2 N–H and O–H groups in total. The maximum absolute atomic E-state index is 12.8. The topological polar surface area (TPSA) is 82.6 Å². The van der Waals surface area contributed by atoms with E-state index in [1.807, 2.05) is 36.4 Å². The molecule has 1 aromatic heterocycles. The van der Waals surface area contributed by atoms with Crippen LogP contribution in [0.5, 0.6) is 5.75 Å². The fourth-order valence-electron chi connectivity index (χ4n) is 5.44. The van der Waals surface area contributed by atoms with Crippen molar-refractivity contribution in [3.05, 3.63) is 53.7 Å². The van der Waals surface area contributed by atoms with Crippen LogP contribution in [-0.4, -0.2) is 67.5 Å². The maximum Gasteiger partial charge on any atom is 0.229 e. The van der Waals surface area contributed by atoms with Crippen molar-refractivity contribution in [2.24, 2.45) is 0 Å². The van der Waals surface area contributed by atoms with E-state index in [-0.39, 0.29) is 0 Å². The minimum atomic E-state index is -2.50. The lowest BCUT2D eigenvalue weighted by molar-refractivity contribution is 0.0953. The van der Waals surface area contributed by atoms with E-state index in [4.69, 9.17) is 16.3 Å². The van der Waals surface area contributed by atoms with Gasteiger partial charge in [-0.05, 0) is 70.3 Å². The van der Waals surface area contributed by atoms with Crippen molar-refractivity contribution in [1.82, 2.24) is 14.9 Å². The highest BCUT2D eigenvalue weighted by molar-refractivity contribution is 7.70. The third-order valence-electron chi connectivity index (χ3n) is 7.95. The van der Waals surface area contributed by atoms with Gasteiger partial charge in [0, 0.05) is 42.2 Å². The number of aromatic nitrogens is 2. The van der Waals surface area contributed by atoms with E-state index in [1.165, 1.54) is 32.1 Å². The lowest BCUT2D eigenvalue weighted by atomic mass is 9.89. The first-order chi connectivity index (χ1) is 18.7. The number of rotatable bonds is 9. The summed E-state index contributed by atoms with van der Waals surface area (Å²) in [7, 11) is 1.51. The summed E-state index contributed by atoms with van der Waals surface area (Å²) in [5.41, 5.74) is 2.63. The molecule has 2 aromatic carbocycles. The van der Waals surface area contributed by atoms with Gasteiger partial charge < -0.3 is 29.7 Å². The van der Waals surface area contributed by atoms with Crippen LogP contribution in [0.2, 0.25) is 5.02 Å². The Labute approximate surface area is 236 Å². The highest BCUT2D eigenvalue weighted by atomic mass is 35.5. The van der Waals surface area contributed by atoms with Gasteiger partial charge in [-0.2, -0.15) is 4.98 Å². The van der Waals surface area contributed by atoms with Gasteiger partial charge in [-0.25, -0.2) is 4.98 Å². The van der Waals surface area contributed by atoms with Crippen molar-refractivity contribution in [3.8, 4) is 5.75 Å². The van der Waals surface area contributed by atoms with Gasteiger partial charge in [0.15, 0.2) is 5.82 Å². The van der Waals surface area contributed by atoms with Gasteiger partial charge in [0.25, 0.3) is 0 Å². The molecule has 10 heteroatoms. The van der Waals surface area contributed by atoms with Crippen molar-refractivity contribution < 1.29 is 9.30 Å². The summed E-state index contributed by atoms with van der Waals surface area (Å²) < 4.78 is 18.6. The molecule has 1 aliphatic carbocycles. The summed E-state index contributed by atoms with van der Waals surface area (Å²) in [6.07, 6.45) is 7.95. The van der Waals surface area contributed by atoms with Crippen molar-refractivity contribution in [2.75, 3.05) is 56.1 Å². The molecule has 1 aliphatic heterocycles. The standard InChI is InChI=1S/C29H38ClN6O2P/c1-35(21-8-7-9-21)22-14-16-36(17-15-22)25-13-12-20(18-26(25)38-2)32-29-31-19-23(30)28(34-29)33-24-10-5-6-11-27(24)39(3,4)37/h5-6,10-13,18-19,21-22H,7-9,14-17H2,1-4H3,(H2,31,32,33,34). The molecule has 2 fully saturated rings. The Kier molecular flexibility index (Phi) is 8.36. The van der Waals surface area contributed by atoms with Crippen LogP contribution in [0.25, 0.3) is 0 Å². The van der Waals surface area contributed by atoms with E-state index < -0.39 is 7.14 Å². The molecule has 3 aromatic rings. The van der Waals surface area contributed by atoms with Crippen LogP contribution in [-0.2, 0) is 4.57 Å². The van der Waals surface area contributed by atoms with Crippen molar-refractivity contribution in [3.63, 3.8) is 0 Å². The highest BCUT2D eigenvalue weighted by Gasteiger charge is 2.30. The van der Waals surface area contributed by atoms with Gasteiger partial charge in [0.2, 0.25) is 5.95 Å². The van der Waals surface area contributed by atoms with E-state index in [0.29, 0.717) is 28.5 Å². The molecule has 0 spiro atoms. The molecule has 0 unspecified atom stereocenters. The first-order valence-electron chi connectivity index (χ1n) is 13.6. The molecule has 0 radical (unpaired) electrons. The molecule has 2 aliphatic rings. The van der Waals surface area contributed by atoms with Crippen molar-refractivity contribution >= 4 is 52.9 Å². The largest absolute Gasteiger partial charge is 0.495 e. The molecule has 8 nitrogen and oxygen atoms in total. The van der Waals surface area contributed by atoms with Gasteiger partial charge in [-0.15, -0.1) is 0 Å². The molecule has 5 rings (SSSR count). The average molecular weight is 569 g/mol. The summed E-state index contributed by atoms with van der Waals surface area (Å²) in [6, 6.07) is 15.0. The summed E-state index contributed by atoms with van der Waals surface area (Å²) in [5, 5.41) is 7.63. The van der Waals surface area contributed by atoms with E-state index in [1.54, 1.807) is 26.6 Å². The number of nitrogens with one attached hydrogen (secondary N) is 2. The number of anilines is 5. The van der Waals surface area contributed by atoms with Crippen LogP contribution in [0.1, 0.15) is 32.1 Å². The summed E-state index contributed by atoms with van der Waals surface area (Å²) >= 11 is 6.42. The molecule has 0 bridgehead atoms. The first kappa shape index (κ1) is 27.8. The Hall–Kier alpha value is -2.80. The summed E-state index contributed by atoms with van der Waals surface area (Å²) in [4.78, 5) is 14.0. The lowest BCUT2D eigenvalue weighted by Gasteiger charge is -2.44. The summed E-state index contributed by atoms with van der Waals surface area (Å²) in [6.45, 7) is 5.53. The molecule has 1 saturated carbocycles. The van der Waals surface area contributed by atoms with Crippen LogP contribution < -0.4 is 25.6 Å². The molecular formula is C29H38ClN6O2P. The molecule has 39 heavy (non-hydrogen) atoms. The van der Waals surface area contributed by atoms with E-state index in [9.17, 15) is 4.57 Å². The van der Waals surface area contributed by atoms with E-state index in [0.717, 1.165) is 41.6 Å². The van der Waals surface area contributed by atoms with E-state index >= 15 is 0 Å². The molecule has 1 saturated heterocycles. The number of halogens is 1. The Morgan fingerprint density at radius 1 is 1.05 bits per heavy atom. The predicted octanol–water partition coefficient (Wildman–Crippen LogP) is 6.33. The van der Waals surface area contributed by atoms with Gasteiger partial charge in [0.1, 0.15) is 17.9 Å². The second-order valence-electron chi connectivity index (χ2n) is 10.9. The predicted molar refractivity (Wildman–Crippen MR) is 163 cm³/mol. The Morgan fingerprint density at radius 3 is 2.44 bits per heavy atom. The Bertz CT molecular complexity index is 1350. The second kappa shape index (κ2) is 11.7. The van der Waals surface area contributed by atoms with Gasteiger partial charge in [-0.1, -0.05) is 30.2 Å². The number of benzene rings is 2. The number of hydrogen-bond donors (Lipinski definition) is 2. The normalized spacial score (nSPS) is 16.7. The third-order valence-corrected chi connectivity index (χ3v) is 9.78. The SMILES string of the molecule is COc1cc(Nc2ncc(Cl)c(Nc3ccccc3P(C)(C)=O)n2)ccc1N1CCC(N(C)C2CCC2)CC1. The quantitative estimate of drug-likeness (QED) is 0.290. The average Bonchev–Trinajstić information content (AvgIpc) is 2.89. The molecule has 0 atom stereocenters. The van der Waals surface area contributed by atoms with Crippen molar-refractivity contribution in [2.45, 2.75) is 44.2 Å². The van der Waals surface area contributed by atoms with Crippen LogP contribution in [0, 0.1) is 0 Å². The molecule has 208 valence electrons. The number of nitrogens with zero attached hydrogens (tertiary/aromatic N) is 4.